The van der Waals surface area contributed by atoms with Crippen LogP contribution in [-0.2, 0) is 13.0 Å². The number of nitrogens with one attached hydrogen (secondary N) is 1. The molecule has 4 N–H and O–H groups in total. The fourth-order valence-corrected chi connectivity index (χ4v) is 2.27. The highest BCUT2D eigenvalue weighted by Crippen LogP contribution is 2.09. The maximum atomic E-state index is 11.4. The third-order valence-corrected chi connectivity index (χ3v) is 3.41. The summed E-state index contributed by atoms with van der Waals surface area (Å²) < 4.78 is 0. The van der Waals surface area contributed by atoms with Crippen LogP contribution in [0.25, 0.3) is 0 Å². The van der Waals surface area contributed by atoms with Crippen molar-refractivity contribution in [2.45, 2.75) is 19.0 Å². The van der Waals surface area contributed by atoms with Crippen LogP contribution in [0, 0.1) is 0 Å². The van der Waals surface area contributed by atoms with Crippen molar-refractivity contribution in [2.75, 3.05) is 6.61 Å². The molecular weight excluding hydrogens is 264 g/mol. The number of rotatable bonds is 7. The van der Waals surface area contributed by atoms with Crippen molar-refractivity contribution in [1.29, 1.82) is 0 Å². The normalized spacial score (nSPS) is 12.0. The molecule has 1 amide bonds. The molecule has 2 aromatic carbocycles. The smallest absolute Gasteiger partial charge is 0.249 e. The number of aliphatic hydroxyl groups is 1. The van der Waals surface area contributed by atoms with E-state index in [0.29, 0.717) is 12.1 Å². The van der Waals surface area contributed by atoms with Crippen LogP contribution in [0.5, 0.6) is 0 Å². The van der Waals surface area contributed by atoms with Crippen LogP contribution in [0.4, 0.5) is 0 Å². The zero-order chi connectivity index (χ0) is 15.1. The Hall–Kier alpha value is -2.17. The largest absolute Gasteiger partial charge is 0.395 e. The number of carbonyl (C=O) groups is 1. The summed E-state index contributed by atoms with van der Waals surface area (Å²) in [6.07, 6.45) is 0.732. The van der Waals surface area contributed by atoms with Crippen LogP contribution in [-0.4, -0.2) is 23.7 Å². The number of primary amides is 1. The van der Waals surface area contributed by atoms with Gasteiger partial charge in [-0.25, -0.2) is 0 Å². The van der Waals surface area contributed by atoms with Crippen LogP contribution in [0.2, 0.25) is 0 Å². The average Bonchev–Trinajstić information content (AvgIpc) is 2.52. The second-order valence-electron chi connectivity index (χ2n) is 4.97. The molecule has 2 rings (SSSR count). The molecule has 0 aromatic heterocycles. The molecule has 0 aliphatic carbocycles. The highest BCUT2D eigenvalue weighted by atomic mass is 16.3. The zero-order valence-corrected chi connectivity index (χ0v) is 11.8. The number of benzene rings is 2. The Morgan fingerprint density at radius 3 is 2.43 bits per heavy atom. The Labute approximate surface area is 124 Å². The Kier molecular flexibility index (Phi) is 5.49. The summed E-state index contributed by atoms with van der Waals surface area (Å²) in [5.41, 5.74) is 7.88. The fourth-order valence-electron chi connectivity index (χ4n) is 2.27. The highest BCUT2D eigenvalue weighted by molar-refractivity contribution is 5.94. The second-order valence-corrected chi connectivity index (χ2v) is 4.97. The van der Waals surface area contributed by atoms with E-state index in [2.05, 4.69) is 5.32 Å². The molecule has 4 heteroatoms. The Bertz CT molecular complexity index is 584. The van der Waals surface area contributed by atoms with Crippen molar-refractivity contribution in [3.8, 4) is 0 Å². The summed E-state index contributed by atoms with van der Waals surface area (Å²) in [4.78, 5) is 11.4. The highest BCUT2D eigenvalue weighted by Gasteiger charge is 2.11. The standard InChI is InChI=1S/C17H20N2O2/c18-17(21)16-9-5-4-8-14(16)11-19-15(12-20)10-13-6-2-1-3-7-13/h1-9,15,19-20H,10-12H2,(H2,18,21). The van der Waals surface area contributed by atoms with Gasteiger partial charge in [-0.15, -0.1) is 0 Å². The molecule has 0 aliphatic rings. The minimum Gasteiger partial charge on any atom is -0.395 e. The molecule has 21 heavy (non-hydrogen) atoms. The lowest BCUT2D eigenvalue weighted by atomic mass is 10.0. The van der Waals surface area contributed by atoms with Gasteiger partial charge in [0.1, 0.15) is 0 Å². The van der Waals surface area contributed by atoms with E-state index in [-0.39, 0.29) is 12.6 Å². The first-order valence-electron chi connectivity index (χ1n) is 6.96. The van der Waals surface area contributed by atoms with E-state index in [9.17, 15) is 9.90 Å². The maximum absolute atomic E-state index is 11.4. The van der Waals surface area contributed by atoms with Gasteiger partial charge >= 0.3 is 0 Å². The minimum absolute atomic E-state index is 0.0353. The first kappa shape index (κ1) is 15.2. The Morgan fingerprint density at radius 2 is 1.76 bits per heavy atom. The molecule has 0 saturated carbocycles. The van der Waals surface area contributed by atoms with Gasteiger partial charge < -0.3 is 16.2 Å². The van der Waals surface area contributed by atoms with E-state index in [1.807, 2.05) is 42.5 Å². The number of nitrogens with two attached hydrogens (primary N) is 1. The lowest BCUT2D eigenvalue weighted by Crippen LogP contribution is -2.34. The molecule has 0 heterocycles. The molecule has 0 fully saturated rings. The zero-order valence-electron chi connectivity index (χ0n) is 11.8. The van der Waals surface area contributed by atoms with Gasteiger partial charge in [0.05, 0.1) is 6.61 Å². The molecule has 2 aromatic rings. The monoisotopic (exact) mass is 284 g/mol. The van der Waals surface area contributed by atoms with E-state index in [1.54, 1.807) is 12.1 Å². The average molecular weight is 284 g/mol. The predicted octanol–water partition coefficient (Wildman–Crippen LogP) is 1.48. The number of carbonyl (C=O) groups excluding carboxylic acids is 1. The quantitative estimate of drug-likeness (QED) is 0.721. The van der Waals surface area contributed by atoms with Crippen molar-refractivity contribution >= 4 is 5.91 Å². The summed E-state index contributed by atoms with van der Waals surface area (Å²) in [5, 5.41) is 12.8. The van der Waals surface area contributed by atoms with Crippen LogP contribution < -0.4 is 11.1 Å². The van der Waals surface area contributed by atoms with Gasteiger partial charge in [-0.3, -0.25) is 4.79 Å². The summed E-state index contributed by atoms with van der Waals surface area (Å²) in [7, 11) is 0. The Balaban J connectivity index is 1.99. The number of amides is 1. The third kappa shape index (κ3) is 4.41. The fraction of sp³-hybridized carbons (Fsp3) is 0.235. The van der Waals surface area contributed by atoms with Crippen LogP contribution >= 0.6 is 0 Å². The second kappa shape index (κ2) is 7.57. The van der Waals surface area contributed by atoms with Gasteiger partial charge in [-0.05, 0) is 23.6 Å². The van der Waals surface area contributed by atoms with Crippen molar-refractivity contribution in [2.24, 2.45) is 5.73 Å². The topological polar surface area (TPSA) is 75.4 Å². The van der Waals surface area contributed by atoms with Gasteiger partial charge in [-0.1, -0.05) is 48.5 Å². The van der Waals surface area contributed by atoms with Crippen LogP contribution in [0.15, 0.2) is 54.6 Å². The summed E-state index contributed by atoms with van der Waals surface area (Å²) in [6.45, 7) is 0.533. The lowest BCUT2D eigenvalue weighted by Gasteiger charge is -2.17. The lowest BCUT2D eigenvalue weighted by molar-refractivity contribution is 0.0999. The van der Waals surface area contributed by atoms with E-state index in [4.69, 9.17) is 5.73 Å². The van der Waals surface area contributed by atoms with Crippen molar-refractivity contribution in [3.05, 3.63) is 71.3 Å². The Morgan fingerprint density at radius 1 is 1.10 bits per heavy atom. The third-order valence-electron chi connectivity index (χ3n) is 3.41. The maximum Gasteiger partial charge on any atom is 0.249 e. The van der Waals surface area contributed by atoms with Gasteiger partial charge in [0.25, 0.3) is 0 Å². The van der Waals surface area contributed by atoms with Gasteiger partial charge in [0.15, 0.2) is 0 Å². The minimum atomic E-state index is -0.434. The van der Waals surface area contributed by atoms with Gasteiger partial charge in [0, 0.05) is 18.2 Å². The molecule has 0 radical (unpaired) electrons. The molecule has 0 spiro atoms. The van der Waals surface area contributed by atoms with Crippen molar-refractivity contribution < 1.29 is 9.90 Å². The van der Waals surface area contributed by atoms with Gasteiger partial charge in [-0.2, -0.15) is 0 Å². The van der Waals surface area contributed by atoms with Crippen LogP contribution in [0.1, 0.15) is 21.5 Å². The molecule has 0 saturated heterocycles. The van der Waals surface area contributed by atoms with Crippen LogP contribution in [0.3, 0.4) is 0 Å². The first-order chi connectivity index (χ1) is 10.2. The summed E-state index contributed by atoms with van der Waals surface area (Å²) >= 11 is 0. The number of hydrogen-bond acceptors (Lipinski definition) is 3. The summed E-state index contributed by atoms with van der Waals surface area (Å²) in [5.74, 6) is -0.434. The molecular formula is C17H20N2O2. The number of aliphatic hydroxyl groups excluding tert-OH is 1. The first-order valence-corrected chi connectivity index (χ1v) is 6.96. The van der Waals surface area contributed by atoms with Gasteiger partial charge in [0.2, 0.25) is 5.91 Å². The molecule has 110 valence electrons. The van der Waals surface area contributed by atoms with E-state index >= 15 is 0 Å². The molecule has 4 nitrogen and oxygen atoms in total. The molecule has 0 aliphatic heterocycles. The van der Waals surface area contributed by atoms with E-state index in [0.717, 1.165) is 17.5 Å². The molecule has 1 atom stereocenters. The van der Waals surface area contributed by atoms with Crippen molar-refractivity contribution in [1.82, 2.24) is 5.32 Å². The van der Waals surface area contributed by atoms with E-state index < -0.39 is 5.91 Å². The summed E-state index contributed by atoms with van der Waals surface area (Å²) in [6, 6.07) is 17.2. The molecule has 1 unspecified atom stereocenters. The molecule has 0 bridgehead atoms. The predicted molar refractivity (Wildman–Crippen MR) is 82.8 cm³/mol. The van der Waals surface area contributed by atoms with E-state index in [1.165, 1.54) is 0 Å². The SMILES string of the molecule is NC(=O)c1ccccc1CNC(CO)Cc1ccccc1. The van der Waals surface area contributed by atoms with Crippen molar-refractivity contribution in [3.63, 3.8) is 0 Å². The number of hydrogen-bond donors (Lipinski definition) is 3.